The summed E-state index contributed by atoms with van der Waals surface area (Å²) in [7, 11) is 0. The topological polar surface area (TPSA) is 98.9 Å². The van der Waals surface area contributed by atoms with Crippen LogP contribution in [0.25, 0.3) is 0 Å². The molecule has 0 atom stereocenters. The number of benzene rings is 1. The molecule has 1 aromatic carbocycles. The Bertz CT molecular complexity index is 341. The number of hydrogen-bond donors (Lipinski definition) is 2. The van der Waals surface area contributed by atoms with Crippen molar-refractivity contribution < 1.29 is 14.4 Å². The molecule has 0 aliphatic rings. The summed E-state index contributed by atoms with van der Waals surface area (Å²) < 4.78 is 0. The fourth-order valence-electron chi connectivity index (χ4n) is 0.569. The van der Waals surface area contributed by atoms with Crippen LogP contribution in [-0.4, -0.2) is 17.4 Å². The number of rotatable bonds is 1. The molecule has 0 amide bonds. The monoisotopic (exact) mass is 226 g/mol. The minimum Gasteiger partial charge on any atom is -0.276 e. The molecule has 0 fully saturated rings. The largest absolute Gasteiger partial charge is 0.276 e. The minimum atomic E-state index is -0.407. The molecular formula is C9H7ClN2O3. The predicted octanol–water partition coefficient (Wildman–Crippen LogP) is 1.87. The number of halogens is 1. The Balaban J connectivity index is 0. The first-order valence-electron chi connectivity index (χ1n) is 3.46. The molecule has 6 heteroatoms. The van der Waals surface area contributed by atoms with Gasteiger partial charge in [0.1, 0.15) is 0 Å². The Morgan fingerprint density at radius 2 is 1.40 bits per heavy atom. The maximum atomic E-state index is 10.4. The van der Waals surface area contributed by atoms with Crippen molar-refractivity contribution in [3.05, 3.63) is 35.9 Å². The molecule has 0 radical (unpaired) electrons. The van der Waals surface area contributed by atoms with Gasteiger partial charge in [-0.3, -0.25) is 4.79 Å². The van der Waals surface area contributed by atoms with Gasteiger partial charge in [-0.25, -0.2) is 20.4 Å². The van der Waals surface area contributed by atoms with E-state index >= 15 is 0 Å². The van der Waals surface area contributed by atoms with E-state index < -0.39 is 5.24 Å². The SMILES string of the molecule is N=C=O.N=C=O.O=C(Cl)c1ccccc1. The second-order valence-electron chi connectivity index (χ2n) is 1.84. The molecule has 0 saturated carbocycles. The van der Waals surface area contributed by atoms with Crippen LogP contribution in [0.1, 0.15) is 10.4 Å². The van der Waals surface area contributed by atoms with Crippen LogP contribution in [0.15, 0.2) is 30.3 Å². The fraction of sp³-hybridized carbons (Fsp3) is 0. The van der Waals surface area contributed by atoms with Crippen molar-refractivity contribution in [3.63, 3.8) is 0 Å². The highest BCUT2D eigenvalue weighted by atomic mass is 35.5. The standard InChI is InChI=1S/C7H5ClO.2CHNO/c8-7(9)6-4-2-1-3-5-6;2*2-1-3/h1-5H;2*2H. The second-order valence-corrected chi connectivity index (χ2v) is 2.19. The van der Waals surface area contributed by atoms with E-state index in [1.807, 2.05) is 6.07 Å². The number of nitrogens with one attached hydrogen (secondary N) is 2. The zero-order chi connectivity index (χ0) is 12.1. The van der Waals surface area contributed by atoms with Crippen LogP contribution < -0.4 is 0 Å². The van der Waals surface area contributed by atoms with Crippen LogP contribution in [0.4, 0.5) is 0 Å². The Morgan fingerprint density at radius 1 is 1.07 bits per heavy atom. The van der Waals surface area contributed by atoms with Crippen molar-refractivity contribution >= 4 is 29.0 Å². The van der Waals surface area contributed by atoms with Gasteiger partial charge in [0, 0.05) is 5.56 Å². The van der Waals surface area contributed by atoms with E-state index in [0.717, 1.165) is 12.2 Å². The molecule has 2 N–H and O–H groups in total. The second kappa shape index (κ2) is 11.9. The third kappa shape index (κ3) is 11.9. The Labute approximate surface area is 90.7 Å². The molecule has 0 spiro atoms. The highest BCUT2D eigenvalue weighted by Gasteiger charge is 1.95. The van der Waals surface area contributed by atoms with Gasteiger partial charge in [-0.05, 0) is 11.6 Å². The summed E-state index contributed by atoms with van der Waals surface area (Å²) in [6.45, 7) is 0. The van der Waals surface area contributed by atoms with E-state index in [1.54, 1.807) is 24.3 Å². The first kappa shape index (κ1) is 15.4. The van der Waals surface area contributed by atoms with E-state index in [1.165, 1.54) is 0 Å². The van der Waals surface area contributed by atoms with Crippen LogP contribution in [0.3, 0.4) is 0 Å². The summed E-state index contributed by atoms with van der Waals surface area (Å²) >= 11 is 5.16. The molecule has 1 rings (SSSR count). The molecule has 0 aliphatic carbocycles. The lowest BCUT2D eigenvalue weighted by Crippen LogP contribution is -1.84. The summed E-state index contributed by atoms with van der Waals surface area (Å²) in [5, 5.41) is 10.4. The van der Waals surface area contributed by atoms with Crippen LogP contribution >= 0.6 is 11.6 Å². The lowest BCUT2D eigenvalue weighted by molar-refractivity contribution is 0.108. The van der Waals surface area contributed by atoms with Crippen molar-refractivity contribution in [3.8, 4) is 0 Å². The first-order chi connectivity index (χ1) is 7.13. The molecule has 0 saturated heterocycles. The molecule has 78 valence electrons. The molecule has 0 unspecified atom stereocenters. The van der Waals surface area contributed by atoms with E-state index in [2.05, 4.69) is 0 Å². The zero-order valence-electron chi connectivity index (χ0n) is 7.49. The molecule has 0 aliphatic heterocycles. The average molecular weight is 227 g/mol. The molecule has 0 heterocycles. The van der Waals surface area contributed by atoms with Gasteiger partial charge in [0.25, 0.3) is 5.24 Å². The number of isocyanates is 2. The quantitative estimate of drug-likeness (QED) is 0.434. The molecule has 0 bridgehead atoms. The van der Waals surface area contributed by atoms with Gasteiger partial charge in [0.05, 0.1) is 0 Å². The summed E-state index contributed by atoms with van der Waals surface area (Å²) in [5.41, 5.74) is 0.541. The van der Waals surface area contributed by atoms with Crippen molar-refractivity contribution in [1.29, 1.82) is 10.8 Å². The van der Waals surface area contributed by atoms with Gasteiger partial charge < -0.3 is 0 Å². The Morgan fingerprint density at radius 3 is 1.60 bits per heavy atom. The normalized spacial score (nSPS) is 6.47. The summed E-state index contributed by atoms with van der Waals surface area (Å²) in [4.78, 5) is 27.1. The third-order valence-corrected chi connectivity index (χ3v) is 1.22. The van der Waals surface area contributed by atoms with Crippen molar-refractivity contribution in [2.75, 3.05) is 0 Å². The van der Waals surface area contributed by atoms with E-state index in [4.69, 9.17) is 32.0 Å². The lowest BCUT2D eigenvalue weighted by Gasteiger charge is -1.87. The molecule has 15 heavy (non-hydrogen) atoms. The Kier molecular flexibility index (Phi) is 12.3. The lowest BCUT2D eigenvalue weighted by atomic mass is 10.2. The van der Waals surface area contributed by atoms with Crippen molar-refractivity contribution in [2.45, 2.75) is 0 Å². The smallest absolute Gasteiger partial charge is 0.252 e. The van der Waals surface area contributed by atoms with E-state index in [-0.39, 0.29) is 0 Å². The number of carbonyl (C=O) groups excluding carboxylic acids is 3. The van der Waals surface area contributed by atoms with Gasteiger partial charge in [-0.1, -0.05) is 30.3 Å². The van der Waals surface area contributed by atoms with Gasteiger partial charge in [-0.15, -0.1) is 0 Å². The van der Waals surface area contributed by atoms with Crippen molar-refractivity contribution in [2.24, 2.45) is 0 Å². The molecule has 1 aromatic rings. The summed E-state index contributed by atoms with van der Waals surface area (Å²) in [6, 6.07) is 8.74. The number of hydrogen-bond acceptors (Lipinski definition) is 5. The third-order valence-electron chi connectivity index (χ3n) is 1.00. The predicted molar refractivity (Wildman–Crippen MR) is 53.5 cm³/mol. The minimum absolute atomic E-state index is 0.407. The van der Waals surface area contributed by atoms with Gasteiger partial charge in [0.15, 0.2) is 0 Å². The molecule has 0 aromatic heterocycles. The highest BCUT2D eigenvalue weighted by molar-refractivity contribution is 6.67. The highest BCUT2D eigenvalue weighted by Crippen LogP contribution is 2.01. The van der Waals surface area contributed by atoms with Crippen LogP contribution in [0, 0.1) is 10.8 Å². The Hall–Kier alpha value is -2.06. The summed E-state index contributed by atoms with van der Waals surface area (Å²) in [6.07, 6.45) is 1.50. The van der Waals surface area contributed by atoms with Crippen LogP contribution in [-0.2, 0) is 9.59 Å². The summed E-state index contributed by atoms with van der Waals surface area (Å²) in [5.74, 6) is 0. The van der Waals surface area contributed by atoms with Gasteiger partial charge in [-0.2, -0.15) is 0 Å². The zero-order valence-corrected chi connectivity index (χ0v) is 8.25. The van der Waals surface area contributed by atoms with Gasteiger partial charge in [0.2, 0.25) is 12.2 Å². The van der Waals surface area contributed by atoms with Gasteiger partial charge >= 0.3 is 0 Å². The molecular weight excluding hydrogens is 220 g/mol. The van der Waals surface area contributed by atoms with Crippen LogP contribution in [0.2, 0.25) is 0 Å². The van der Waals surface area contributed by atoms with E-state index in [0.29, 0.717) is 5.56 Å². The number of carbonyl (C=O) groups is 1. The first-order valence-corrected chi connectivity index (χ1v) is 3.84. The van der Waals surface area contributed by atoms with Crippen molar-refractivity contribution in [1.82, 2.24) is 0 Å². The molecule has 5 nitrogen and oxygen atoms in total. The maximum Gasteiger partial charge on any atom is 0.252 e. The van der Waals surface area contributed by atoms with E-state index in [9.17, 15) is 4.79 Å². The maximum absolute atomic E-state index is 10.4. The average Bonchev–Trinajstić information content (AvgIpc) is 2.21. The van der Waals surface area contributed by atoms with Crippen LogP contribution in [0.5, 0.6) is 0 Å². The fourth-order valence-corrected chi connectivity index (χ4v) is 0.695.